The van der Waals surface area contributed by atoms with E-state index >= 15 is 0 Å². The number of nitrogens with two attached hydrogens (primary N) is 1. The minimum Gasteiger partial charge on any atom is -0.370 e. The van der Waals surface area contributed by atoms with Crippen molar-refractivity contribution in [2.75, 3.05) is 36.8 Å². The van der Waals surface area contributed by atoms with Crippen LogP contribution >= 0.6 is 0 Å². The predicted octanol–water partition coefficient (Wildman–Crippen LogP) is 2.66. The first-order valence-corrected chi connectivity index (χ1v) is 12.8. The first kappa shape index (κ1) is 23.5. The molecule has 1 aromatic heterocycles. The maximum atomic E-state index is 12.0. The van der Waals surface area contributed by atoms with Crippen LogP contribution < -0.4 is 21.7 Å². The summed E-state index contributed by atoms with van der Waals surface area (Å²) in [6, 6.07) is 6.27. The number of nitrogens with one attached hydrogen (secondary N) is 3. The van der Waals surface area contributed by atoms with Gasteiger partial charge in [0.2, 0.25) is 17.8 Å². The van der Waals surface area contributed by atoms with Crippen molar-refractivity contribution in [3.8, 4) is 0 Å². The van der Waals surface area contributed by atoms with Gasteiger partial charge >= 0.3 is 0 Å². The smallest absolute Gasteiger partial charge is 0.231 e. The van der Waals surface area contributed by atoms with Crippen molar-refractivity contribution in [1.29, 1.82) is 0 Å². The lowest BCUT2D eigenvalue weighted by molar-refractivity contribution is -0.127. The summed E-state index contributed by atoms with van der Waals surface area (Å²) in [5.41, 5.74) is 9.97. The fourth-order valence-electron chi connectivity index (χ4n) is 4.78. The number of carbonyl (C=O) groups is 2. The van der Waals surface area contributed by atoms with E-state index < -0.39 is 0 Å². The summed E-state index contributed by atoms with van der Waals surface area (Å²) in [5.74, 6) is 2.14. The molecule has 35 heavy (non-hydrogen) atoms. The molecule has 2 aliphatic carbocycles. The largest absolute Gasteiger partial charge is 0.370 e. The summed E-state index contributed by atoms with van der Waals surface area (Å²) in [5, 5.41) is 9.89. The number of aromatic nitrogens is 2. The van der Waals surface area contributed by atoms with E-state index in [4.69, 9.17) is 10.7 Å². The van der Waals surface area contributed by atoms with Crippen LogP contribution in [-0.4, -0.2) is 52.9 Å². The van der Waals surface area contributed by atoms with Crippen molar-refractivity contribution < 1.29 is 9.59 Å². The number of anilines is 3. The second kappa shape index (κ2) is 10.6. The Balaban J connectivity index is 1.18. The number of nitrogens with zero attached hydrogens (tertiary/aromatic N) is 3. The van der Waals surface area contributed by atoms with Gasteiger partial charge in [-0.25, -0.2) is 4.98 Å². The standard InChI is InChI=1S/C26H35N7O2/c27-23(34)16-33-12-9-19-13-21(8-7-20(19)15-33)31-26-30-14-22(17-5-6-17)24(32-26)28-10-2-11-29-25(35)18-3-1-4-18/h7-8,13-14,17-18H,1-6,9-12,15-16H2,(H2,27,34)(H,29,35)(H2,28,30,31,32). The van der Waals surface area contributed by atoms with Crippen LogP contribution in [0, 0.1) is 5.92 Å². The SMILES string of the molecule is NC(=O)CN1CCc2cc(Nc3ncc(C4CC4)c(NCCCNC(=O)C4CCC4)n3)ccc2C1. The molecule has 0 saturated heterocycles. The van der Waals surface area contributed by atoms with E-state index in [-0.39, 0.29) is 17.7 Å². The number of primary amides is 1. The Morgan fingerprint density at radius 1 is 1.11 bits per heavy atom. The molecule has 3 aliphatic rings. The average Bonchev–Trinajstić information content (AvgIpc) is 3.63. The van der Waals surface area contributed by atoms with Crippen LogP contribution in [0.1, 0.15) is 61.1 Å². The Kier molecular flexibility index (Phi) is 7.13. The van der Waals surface area contributed by atoms with Gasteiger partial charge in [-0.1, -0.05) is 12.5 Å². The van der Waals surface area contributed by atoms with Crippen LogP contribution in [0.3, 0.4) is 0 Å². The topological polar surface area (TPSA) is 125 Å². The van der Waals surface area contributed by atoms with E-state index in [2.05, 4.69) is 38.0 Å². The highest BCUT2D eigenvalue weighted by molar-refractivity contribution is 5.79. The van der Waals surface area contributed by atoms with Crippen LogP contribution in [-0.2, 0) is 22.6 Å². The molecular weight excluding hydrogens is 442 g/mol. The molecule has 1 aliphatic heterocycles. The monoisotopic (exact) mass is 477 g/mol. The van der Waals surface area contributed by atoms with Crippen LogP contribution in [0.15, 0.2) is 24.4 Å². The summed E-state index contributed by atoms with van der Waals surface area (Å²) in [6.07, 6.45) is 9.27. The number of amides is 2. The quantitative estimate of drug-likeness (QED) is 0.367. The van der Waals surface area contributed by atoms with Gasteiger partial charge in [-0.3, -0.25) is 14.5 Å². The summed E-state index contributed by atoms with van der Waals surface area (Å²) >= 11 is 0. The summed E-state index contributed by atoms with van der Waals surface area (Å²) in [7, 11) is 0. The number of hydrogen-bond donors (Lipinski definition) is 4. The van der Waals surface area contributed by atoms with Crippen molar-refractivity contribution in [2.24, 2.45) is 11.7 Å². The Labute approximate surface area is 206 Å². The molecule has 0 unspecified atom stereocenters. The van der Waals surface area contributed by atoms with Gasteiger partial charge in [0.15, 0.2) is 0 Å². The van der Waals surface area contributed by atoms with Crippen LogP contribution in [0.25, 0.3) is 0 Å². The molecule has 1 aromatic carbocycles. The minimum absolute atomic E-state index is 0.203. The van der Waals surface area contributed by atoms with E-state index in [1.807, 2.05) is 12.3 Å². The van der Waals surface area contributed by atoms with E-state index in [0.29, 0.717) is 25.0 Å². The lowest BCUT2D eigenvalue weighted by Crippen LogP contribution is -2.37. The number of fused-ring (bicyclic) bond motifs is 1. The molecule has 0 atom stereocenters. The van der Waals surface area contributed by atoms with Crippen molar-refractivity contribution in [2.45, 2.75) is 57.4 Å². The van der Waals surface area contributed by atoms with Crippen LogP contribution in [0.4, 0.5) is 17.5 Å². The Morgan fingerprint density at radius 3 is 2.71 bits per heavy atom. The molecule has 0 bridgehead atoms. The molecule has 5 rings (SSSR count). The van der Waals surface area contributed by atoms with Crippen molar-refractivity contribution in [1.82, 2.24) is 20.2 Å². The van der Waals surface area contributed by atoms with Gasteiger partial charge in [-0.05, 0) is 67.7 Å². The second-order valence-corrected chi connectivity index (χ2v) is 10.0. The lowest BCUT2D eigenvalue weighted by Gasteiger charge is -2.28. The Morgan fingerprint density at radius 2 is 1.97 bits per heavy atom. The molecule has 9 heteroatoms. The molecule has 186 valence electrons. The number of benzene rings is 1. The molecule has 2 heterocycles. The highest BCUT2D eigenvalue weighted by Crippen LogP contribution is 2.42. The van der Waals surface area contributed by atoms with E-state index in [1.54, 1.807) is 0 Å². The Hall–Kier alpha value is -3.20. The highest BCUT2D eigenvalue weighted by atomic mass is 16.2. The molecule has 5 N–H and O–H groups in total. The molecule has 9 nitrogen and oxygen atoms in total. The highest BCUT2D eigenvalue weighted by Gasteiger charge is 2.28. The average molecular weight is 478 g/mol. The summed E-state index contributed by atoms with van der Waals surface area (Å²) < 4.78 is 0. The zero-order chi connectivity index (χ0) is 24.2. The van der Waals surface area contributed by atoms with Crippen molar-refractivity contribution in [3.05, 3.63) is 41.1 Å². The number of hydrogen-bond acceptors (Lipinski definition) is 7. The van der Waals surface area contributed by atoms with E-state index in [0.717, 1.165) is 56.8 Å². The predicted molar refractivity (Wildman–Crippen MR) is 135 cm³/mol. The molecule has 0 spiro atoms. The third kappa shape index (κ3) is 6.08. The fraction of sp³-hybridized carbons (Fsp3) is 0.538. The van der Waals surface area contributed by atoms with E-state index in [9.17, 15) is 9.59 Å². The summed E-state index contributed by atoms with van der Waals surface area (Å²) in [4.78, 5) is 34.7. The molecule has 2 fully saturated rings. The second-order valence-electron chi connectivity index (χ2n) is 10.0. The first-order chi connectivity index (χ1) is 17.0. The lowest BCUT2D eigenvalue weighted by atomic mass is 9.85. The van der Waals surface area contributed by atoms with Gasteiger partial charge in [0.1, 0.15) is 5.82 Å². The zero-order valence-electron chi connectivity index (χ0n) is 20.2. The summed E-state index contributed by atoms with van der Waals surface area (Å²) in [6.45, 7) is 3.29. The first-order valence-electron chi connectivity index (χ1n) is 12.8. The number of carbonyl (C=O) groups excluding carboxylic acids is 2. The third-order valence-electron chi connectivity index (χ3n) is 7.19. The maximum Gasteiger partial charge on any atom is 0.231 e. The fourth-order valence-corrected chi connectivity index (χ4v) is 4.78. The van der Waals surface area contributed by atoms with Gasteiger partial charge in [0.25, 0.3) is 0 Å². The van der Waals surface area contributed by atoms with Gasteiger partial charge in [0.05, 0.1) is 6.54 Å². The van der Waals surface area contributed by atoms with Gasteiger partial charge < -0.3 is 21.7 Å². The maximum absolute atomic E-state index is 12.0. The third-order valence-corrected chi connectivity index (χ3v) is 7.19. The zero-order valence-corrected chi connectivity index (χ0v) is 20.2. The van der Waals surface area contributed by atoms with Crippen LogP contribution in [0.5, 0.6) is 0 Å². The molecule has 0 radical (unpaired) electrons. The molecular formula is C26H35N7O2. The Bertz CT molecular complexity index is 1080. The van der Waals surface area contributed by atoms with Gasteiger partial charge in [0, 0.05) is 49.5 Å². The van der Waals surface area contributed by atoms with Crippen LogP contribution in [0.2, 0.25) is 0 Å². The van der Waals surface area contributed by atoms with Crippen molar-refractivity contribution in [3.63, 3.8) is 0 Å². The minimum atomic E-state index is -0.290. The normalized spacial score (nSPS) is 17.8. The van der Waals surface area contributed by atoms with Gasteiger partial charge in [-0.2, -0.15) is 4.98 Å². The molecule has 2 saturated carbocycles. The molecule has 2 aromatic rings. The number of rotatable bonds is 11. The van der Waals surface area contributed by atoms with E-state index in [1.165, 1.54) is 36.0 Å². The van der Waals surface area contributed by atoms with Gasteiger partial charge in [-0.15, -0.1) is 0 Å². The van der Waals surface area contributed by atoms with Crippen molar-refractivity contribution >= 4 is 29.3 Å². The molecule has 2 amide bonds.